The minimum Gasteiger partial charge on any atom is -0.293 e. The lowest BCUT2D eigenvalue weighted by molar-refractivity contribution is -0.137. The summed E-state index contributed by atoms with van der Waals surface area (Å²) in [6.45, 7) is 3.43. The third-order valence-corrected chi connectivity index (χ3v) is 4.95. The summed E-state index contributed by atoms with van der Waals surface area (Å²) in [5, 5.41) is 10.8. The van der Waals surface area contributed by atoms with Gasteiger partial charge in [-0.25, -0.2) is 9.50 Å². The van der Waals surface area contributed by atoms with E-state index in [0.29, 0.717) is 4.47 Å². The van der Waals surface area contributed by atoms with Crippen LogP contribution in [0.2, 0.25) is 0 Å². The average Bonchev–Trinajstić information content (AvgIpc) is 3.09. The topological polar surface area (TPSA) is 107 Å². The zero-order chi connectivity index (χ0) is 23.2. The highest BCUT2D eigenvalue weighted by Crippen LogP contribution is 2.31. The van der Waals surface area contributed by atoms with Crippen molar-refractivity contribution in [1.82, 2.24) is 29.4 Å². The number of nitrogens with zero attached hydrogens (tertiary/aromatic N) is 6. The van der Waals surface area contributed by atoms with Crippen LogP contribution in [0.5, 0.6) is 0 Å². The number of anilines is 1. The fraction of sp³-hybridized carbons (Fsp3) is 0.263. The summed E-state index contributed by atoms with van der Waals surface area (Å²) in [5.41, 5.74) is -1.56. The predicted octanol–water partition coefficient (Wildman–Crippen LogP) is 3.38. The highest BCUT2D eigenvalue weighted by Gasteiger charge is 2.31. The van der Waals surface area contributed by atoms with E-state index in [-0.39, 0.29) is 34.4 Å². The summed E-state index contributed by atoms with van der Waals surface area (Å²) in [7, 11) is 0. The van der Waals surface area contributed by atoms with Crippen LogP contribution < -0.4 is 10.7 Å². The van der Waals surface area contributed by atoms with Crippen LogP contribution in [0.1, 0.15) is 31.1 Å². The van der Waals surface area contributed by atoms with E-state index in [1.165, 1.54) is 15.4 Å². The fourth-order valence-electron chi connectivity index (χ4n) is 3.12. The molecule has 0 aliphatic heterocycles. The van der Waals surface area contributed by atoms with E-state index in [2.05, 4.69) is 41.4 Å². The molecule has 1 N–H and O–H groups in total. The van der Waals surface area contributed by atoms with Gasteiger partial charge in [-0.2, -0.15) is 23.3 Å². The number of hydrogen-bond donors (Lipinski definition) is 1. The number of nitrogens with one attached hydrogen (secondary N) is 1. The third kappa shape index (κ3) is 4.20. The van der Waals surface area contributed by atoms with E-state index >= 15 is 0 Å². The molecule has 0 spiro atoms. The van der Waals surface area contributed by atoms with E-state index in [4.69, 9.17) is 0 Å². The van der Waals surface area contributed by atoms with Crippen molar-refractivity contribution in [2.45, 2.75) is 32.5 Å². The lowest BCUT2D eigenvalue weighted by atomic mass is 10.1. The standard InChI is InChI=1S/C19H15BrF3N7O2/c1-9(2)30-14-5-10(19(21,22)23)3-4-12(14)16(32)13(27-30)6-15(31)25-17-26-18-24-7-11(20)8-29(18)28-17/h3-5,7-9H,6H2,1-2H3,(H,25,28,31). The molecule has 0 saturated carbocycles. The Kier molecular flexibility index (Phi) is 5.44. The summed E-state index contributed by atoms with van der Waals surface area (Å²) in [6, 6.07) is 2.48. The van der Waals surface area contributed by atoms with Crippen LogP contribution in [0.25, 0.3) is 16.7 Å². The van der Waals surface area contributed by atoms with E-state index in [1.54, 1.807) is 20.0 Å². The molecule has 4 rings (SSSR count). The van der Waals surface area contributed by atoms with Crippen LogP contribution in [0.4, 0.5) is 19.1 Å². The van der Waals surface area contributed by atoms with E-state index in [9.17, 15) is 22.8 Å². The van der Waals surface area contributed by atoms with Gasteiger partial charge in [0.05, 0.1) is 22.0 Å². The quantitative estimate of drug-likeness (QED) is 0.451. The monoisotopic (exact) mass is 509 g/mol. The van der Waals surface area contributed by atoms with Crippen LogP contribution in [0, 0.1) is 0 Å². The van der Waals surface area contributed by atoms with Crippen LogP contribution in [-0.4, -0.2) is 35.3 Å². The molecule has 1 amide bonds. The lowest BCUT2D eigenvalue weighted by Crippen LogP contribution is -2.26. The number of carbonyl (C=O) groups excluding carboxylic acids is 1. The Morgan fingerprint density at radius 2 is 2.00 bits per heavy atom. The maximum atomic E-state index is 13.1. The molecular weight excluding hydrogens is 495 g/mol. The van der Waals surface area contributed by atoms with Gasteiger partial charge in [-0.1, -0.05) is 0 Å². The van der Waals surface area contributed by atoms with Crippen LogP contribution >= 0.6 is 15.9 Å². The average molecular weight is 510 g/mol. The normalized spacial score (nSPS) is 12.1. The van der Waals surface area contributed by atoms with Crippen molar-refractivity contribution < 1.29 is 18.0 Å². The molecule has 0 aliphatic rings. The minimum absolute atomic E-state index is 0.0135. The summed E-state index contributed by atoms with van der Waals surface area (Å²) in [4.78, 5) is 33.5. The second kappa shape index (κ2) is 7.97. The van der Waals surface area contributed by atoms with Gasteiger partial charge in [-0.15, -0.1) is 5.10 Å². The highest BCUT2D eigenvalue weighted by atomic mass is 79.9. The SMILES string of the molecule is CC(C)n1nc(CC(=O)Nc2nc3ncc(Br)cn3n2)c(=O)c2ccc(C(F)(F)F)cc21. The molecule has 3 heterocycles. The molecule has 0 unspecified atom stereocenters. The molecule has 0 bridgehead atoms. The van der Waals surface area contributed by atoms with E-state index < -0.39 is 29.5 Å². The molecule has 32 heavy (non-hydrogen) atoms. The van der Waals surface area contributed by atoms with Gasteiger partial charge < -0.3 is 0 Å². The largest absolute Gasteiger partial charge is 0.416 e. The first-order valence-electron chi connectivity index (χ1n) is 9.33. The second-order valence-electron chi connectivity index (χ2n) is 7.22. The molecule has 0 radical (unpaired) electrons. The van der Waals surface area contributed by atoms with Gasteiger partial charge in [0.15, 0.2) is 0 Å². The van der Waals surface area contributed by atoms with Crippen molar-refractivity contribution in [2.24, 2.45) is 0 Å². The van der Waals surface area contributed by atoms with Crippen molar-refractivity contribution >= 4 is 44.5 Å². The van der Waals surface area contributed by atoms with Gasteiger partial charge in [-0.3, -0.25) is 19.6 Å². The summed E-state index contributed by atoms with van der Waals surface area (Å²) in [5.74, 6) is -0.360. The number of aromatic nitrogens is 6. The molecule has 9 nitrogen and oxygen atoms in total. The third-order valence-electron chi connectivity index (χ3n) is 4.54. The Hall–Kier alpha value is -3.35. The molecule has 3 aromatic heterocycles. The molecule has 0 fully saturated rings. The summed E-state index contributed by atoms with van der Waals surface area (Å²) in [6.07, 6.45) is -1.84. The number of halogens is 4. The molecular formula is C19H15BrF3N7O2. The molecule has 13 heteroatoms. The van der Waals surface area contributed by atoms with E-state index in [1.807, 2.05) is 0 Å². The zero-order valence-corrected chi connectivity index (χ0v) is 18.3. The Morgan fingerprint density at radius 1 is 1.25 bits per heavy atom. The first-order valence-corrected chi connectivity index (χ1v) is 10.1. The maximum Gasteiger partial charge on any atom is 0.416 e. The van der Waals surface area contributed by atoms with Crippen molar-refractivity contribution in [1.29, 1.82) is 0 Å². The fourth-order valence-corrected chi connectivity index (χ4v) is 3.41. The summed E-state index contributed by atoms with van der Waals surface area (Å²) >= 11 is 3.25. The van der Waals surface area contributed by atoms with Crippen LogP contribution in [0.15, 0.2) is 39.9 Å². The van der Waals surface area contributed by atoms with Gasteiger partial charge >= 0.3 is 6.18 Å². The van der Waals surface area contributed by atoms with Crippen molar-refractivity contribution in [2.75, 3.05) is 5.32 Å². The minimum atomic E-state index is -4.56. The number of amides is 1. The van der Waals surface area contributed by atoms with E-state index in [0.717, 1.165) is 18.2 Å². The van der Waals surface area contributed by atoms with Gasteiger partial charge in [0.1, 0.15) is 5.69 Å². The number of rotatable bonds is 4. The molecule has 0 aliphatic carbocycles. The zero-order valence-electron chi connectivity index (χ0n) is 16.7. The molecule has 0 atom stereocenters. The van der Waals surface area contributed by atoms with Gasteiger partial charge in [0, 0.05) is 23.8 Å². The highest BCUT2D eigenvalue weighted by molar-refractivity contribution is 9.10. The Balaban J connectivity index is 1.68. The maximum absolute atomic E-state index is 13.1. The van der Waals surface area contributed by atoms with Gasteiger partial charge in [0.2, 0.25) is 11.3 Å². The first kappa shape index (κ1) is 21.9. The van der Waals surface area contributed by atoms with Gasteiger partial charge in [0.25, 0.3) is 11.7 Å². The van der Waals surface area contributed by atoms with Gasteiger partial charge in [-0.05, 0) is 48.0 Å². The molecule has 166 valence electrons. The molecule has 1 aromatic carbocycles. The number of hydrogen-bond acceptors (Lipinski definition) is 6. The Morgan fingerprint density at radius 3 is 2.69 bits per heavy atom. The van der Waals surface area contributed by atoms with Crippen molar-refractivity contribution in [3.8, 4) is 0 Å². The Labute approximate surface area is 186 Å². The van der Waals surface area contributed by atoms with Crippen molar-refractivity contribution in [3.05, 3.63) is 56.5 Å². The van der Waals surface area contributed by atoms with Crippen LogP contribution in [0.3, 0.4) is 0 Å². The van der Waals surface area contributed by atoms with Crippen molar-refractivity contribution in [3.63, 3.8) is 0 Å². The lowest BCUT2D eigenvalue weighted by Gasteiger charge is -2.16. The number of carbonyl (C=O) groups is 1. The first-order chi connectivity index (χ1) is 15.0. The molecule has 4 aromatic rings. The Bertz CT molecular complexity index is 1410. The number of fused-ring (bicyclic) bond motifs is 2. The number of alkyl halides is 3. The molecule has 0 saturated heterocycles. The summed E-state index contributed by atoms with van der Waals surface area (Å²) < 4.78 is 42.7. The second-order valence-corrected chi connectivity index (χ2v) is 8.14. The van der Waals surface area contributed by atoms with Crippen LogP contribution in [-0.2, 0) is 17.4 Å². The smallest absolute Gasteiger partial charge is 0.293 e. The predicted molar refractivity (Wildman–Crippen MR) is 112 cm³/mol. The number of benzene rings is 1.